The number of nitrogens with one attached hydrogen (secondary N) is 2. The number of carbonyl (C=O) groups is 2. The molecular formula is C25H30N6O3. The predicted molar refractivity (Wildman–Crippen MR) is 131 cm³/mol. The molecule has 1 aliphatic rings. The molecule has 0 radical (unpaired) electrons. The summed E-state index contributed by atoms with van der Waals surface area (Å²) in [5, 5.41) is 9.89. The van der Waals surface area contributed by atoms with Crippen molar-refractivity contribution in [2.75, 3.05) is 30.4 Å². The normalized spacial score (nSPS) is 15.8. The van der Waals surface area contributed by atoms with Crippen molar-refractivity contribution >= 4 is 23.4 Å². The molecule has 0 spiro atoms. The van der Waals surface area contributed by atoms with Crippen LogP contribution in [0.2, 0.25) is 0 Å². The van der Waals surface area contributed by atoms with E-state index in [2.05, 4.69) is 25.4 Å². The highest BCUT2D eigenvalue weighted by atomic mass is 16.6. The van der Waals surface area contributed by atoms with Gasteiger partial charge in [0.25, 0.3) is 5.91 Å². The zero-order chi connectivity index (χ0) is 24.3. The Kier molecular flexibility index (Phi) is 6.54. The first-order chi connectivity index (χ1) is 16.2. The number of pyridine rings is 1. The van der Waals surface area contributed by atoms with E-state index >= 15 is 0 Å². The Morgan fingerprint density at radius 2 is 1.85 bits per heavy atom. The quantitative estimate of drug-likeness (QED) is 0.590. The average molecular weight is 463 g/mol. The molecule has 2 amide bonds. The fourth-order valence-corrected chi connectivity index (χ4v) is 3.84. The Bertz CT molecular complexity index is 1140. The summed E-state index contributed by atoms with van der Waals surface area (Å²) in [6, 6.07) is 13.2. The Hall–Kier alpha value is -3.88. The largest absolute Gasteiger partial charge is 0.444 e. The number of likely N-dealkylation sites (N-methyl/N-ethyl adjacent to an activating group) is 1. The van der Waals surface area contributed by atoms with Gasteiger partial charge in [-0.15, -0.1) is 0 Å². The number of nitrogens with zero attached hydrogens (tertiary/aromatic N) is 4. The number of anilines is 2. The lowest BCUT2D eigenvalue weighted by atomic mass is 10.2. The average Bonchev–Trinajstić information content (AvgIpc) is 3.49. The van der Waals surface area contributed by atoms with E-state index in [1.807, 2.05) is 57.2 Å². The van der Waals surface area contributed by atoms with E-state index in [-0.39, 0.29) is 18.0 Å². The van der Waals surface area contributed by atoms with Gasteiger partial charge in [0.1, 0.15) is 5.60 Å². The molecule has 1 aliphatic heterocycles. The number of ether oxygens (including phenoxy) is 1. The smallest absolute Gasteiger partial charge is 0.410 e. The number of hydrogen-bond acceptors (Lipinski definition) is 6. The lowest BCUT2D eigenvalue weighted by Crippen LogP contribution is -2.42. The molecule has 1 saturated heterocycles. The summed E-state index contributed by atoms with van der Waals surface area (Å²) in [5.74, 6) is -0.287. The molecule has 34 heavy (non-hydrogen) atoms. The van der Waals surface area contributed by atoms with Crippen LogP contribution in [0.25, 0.3) is 11.3 Å². The number of hydrogen-bond donors (Lipinski definition) is 2. The number of aromatic amines is 1. The minimum Gasteiger partial charge on any atom is -0.444 e. The monoisotopic (exact) mass is 462 g/mol. The van der Waals surface area contributed by atoms with Crippen LogP contribution < -0.4 is 10.2 Å². The number of H-pyrrole nitrogens is 1. The van der Waals surface area contributed by atoms with E-state index < -0.39 is 5.60 Å². The maximum atomic E-state index is 12.6. The van der Waals surface area contributed by atoms with Gasteiger partial charge in [0.2, 0.25) is 0 Å². The minimum absolute atomic E-state index is 0.0866. The summed E-state index contributed by atoms with van der Waals surface area (Å²) in [4.78, 5) is 32.9. The van der Waals surface area contributed by atoms with Crippen LogP contribution in [0.3, 0.4) is 0 Å². The van der Waals surface area contributed by atoms with Gasteiger partial charge in [-0.3, -0.25) is 14.9 Å². The van der Waals surface area contributed by atoms with Crippen molar-refractivity contribution in [2.45, 2.75) is 38.8 Å². The highest BCUT2D eigenvalue weighted by Gasteiger charge is 2.31. The van der Waals surface area contributed by atoms with Gasteiger partial charge in [-0.05, 0) is 69.7 Å². The van der Waals surface area contributed by atoms with Crippen LogP contribution in [0.4, 0.5) is 16.2 Å². The lowest BCUT2D eigenvalue weighted by molar-refractivity contribution is 0.0238. The molecule has 2 aromatic heterocycles. The summed E-state index contributed by atoms with van der Waals surface area (Å²) < 4.78 is 5.49. The van der Waals surface area contributed by atoms with Crippen molar-refractivity contribution in [1.82, 2.24) is 20.1 Å². The van der Waals surface area contributed by atoms with Crippen LogP contribution in [0.15, 0.2) is 54.9 Å². The van der Waals surface area contributed by atoms with E-state index in [9.17, 15) is 9.59 Å². The highest BCUT2D eigenvalue weighted by Crippen LogP contribution is 2.25. The SMILES string of the molecule is CN(C(=O)OC(C)(C)C)C1CCN(c2ccc(NC(=O)c3cc(-c4ccncc4)[nH]n3)cc2)C1. The van der Waals surface area contributed by atoms with Gasteiger partial charge in [0, 0.05) is 49.5 Å². The van der Waals surface area contributed by atoms with Crippen molar-refractivity contribution in [1.29, 1.82) is 0 Å². The van der Waals surface area contributed by atoms with E-state index in [4.69, 9.17) is 4.74 Å². The molecule has 9 heteroatoms. The summed E-state index contributed by atoms with van der Waals surface area (Å²) in [5.41, 5.74) is 3.18. The zero-order valence-electron chi connectivity index (χ0n) is 19.9. The Morgan fingerprint density at radius 3 is 2.53 bits per heavy atom. The first-order valence-electron chi connectivity index (χ1n) is 11.3. The molecule has 0 saturated carbocycles. The number of aromatic nitrogens is 3. The van der Waals surface area contributed by atoms with Gasteiger partial charge in [-0.1, -0.05) is 0 Å². The second-order valence-corrected chi connectivity index (χ2v) is 9.38. The van der Waals surface area contributed by atoms with Gasteiger partial charge < -0.3 is 19.9 Å². The van der Waals surface area contributed by atoms with Crippen LogP contribution in [0.5, 0.6) is 0 Å². The standard InChI is InChI=1S/C25H30N6O3/c1-25(2,3)34-24(33)30(4)20-11-14-31(16-20)19-7-5-18(6-8-19)27-23(32)22-15-21(28-29-22)17-9-12-26-13-10-17/h5-10,12-13,15,20H,11,14,16H2,1-4H3,(H,27,32)(H,28,29). The first kappa shape index (κ1) is 23.3. The molecule has 2 N–H and O–H groups in total. The van der Waals surface area contributed by atoms with Crippen LogP contribution >= 0.6 is 0 Å². The lowest BCUT2D eigenvalue weighted by Gasteiger charge is -2.28. The molecule has 1 atom stereocenters. The van der Waals surface area contributed by atoms with Gasteiger partial charge in [0.15, 0.2) is 5.69 Å². The minimum atomic E-state index is -0.513. The van der Waals surface area contributed by atoms with Crippen LogP contribution in [0.1, 0.15) is 37.7 Å². The second-order valence-electron chi connectivity index (χ2n) is 9.38. The van der Waals surface area contributed by atoms with E-state index in [1.54, 1.807) is 30.4 Å². The Labute approximate surface area is 199 Å². The third kappa shape index (κ3) is 5.54. The third-order valence-electron chi connectivity index (χ3n) is 5.68. The number of carbonyl (C=O) groups excluding carboxylic acids is 2. The summed E-state index contributed by atoms with van der Waals surface area (Å²) in [7, 11) is 1.79. The van der Waals surface area contributed by atoms with Crippen molar-refractivity contribution in [2.24, 2.45) is 0 Å². The molecule has 3 aromatic rings. The maximum absolute atomic E-state index is 12.6. The van der Waals surface area contributed by atoms with Gasteiger partial charge in [0.05, 0.1) is 11.7 Å². The van der Waals surface area contributed by atoms with Crippen molar-refractivity contribution in [3.63, 3.8) is 0 Å². The Balaban J connectivity index is 1.33. The molecule has 9 nitrogen and oxygen atoms in total. The third-order valence-corrected chi connectivity index (χ3v) is 5.68. The number of amides is 2. The van der Waals surface area contributed by atoms with E-state index in [1.165, 1.54) is 0 Å². The van der Waals surface area contributed by atoms with Crippen LogP contribution in [-0.2, 0) is 4.74 Å². The molecule has 0 bridgehead atoms. The topological polar surface area (TPSA) is 103 Å². The van der Waals surface area contributed by atoms with Crippen LogP contribution in [0, 0.1) is 0 Å². The Morgan fingerprint density at radius 1 is 1.15 bits per heavy atom. The molecule has 1 unspecified atom stereocenters. The van der Waals surface area contributed by atoms with Gasteiger partial charge >= 0.3 is 6.09 Å². The van der Waals surface area contributed by atoms with Crippen LogP contribution in [-0.4, -0.2) is 63.9 Å². The van der Waals surface area contributed by atoms with Gasteiger partial charge in [-0.2, -0.15) is 5.10 Å². The maximum Gasteiger partial charge on any atom is 0.410 e. The van der Waals surface area contributed by atoms with Gasteiger partial charge in [-0.25, -0.2) is 4.79 Å². The fourth-order valence-electron chi connectivity index (χ4n) is 3.84. The van der Waals surface area contributed by atoms with E-state index in [0.717, 1.165) is 36.5 Å². The summed E-state index contributed by atoms with van der Waals surface area (Å²) in [6.45, 7) is 7.17. The highest BCUT2D eigenvalue weighted by molar-refractivity contribution is 6.03. The zero-order valence-corrected chi connectivity index (χ0v) is 19.9. The van der Waals surface area contributed by atoms with E-state index in [0.29, 0.717) is 11.4 Å². The van der Waals surface area contributed by atoms with Crippen molar-refractivity contribution in [3.8, 4) is 11.3 Å². The molecule has 0 aliphatic carbocycles. The summed E-state index contributed by atoms with van der Waals surface area (Å²) >= 11 is 0. The van der Waals surface area contributed by atoms with Crippen molar-refractivity contribution in [3.05, 3.63) is 60.6 Å². The molecular weight excluding hydrogens is 432 g/mol. The number of benzene rings is 1. The molecule has 1 fully saturated rings. The molecule has 3 heterocycles. The molecule has 1 aromatic carbocycles. The molecule has 4 rings (SSSR count). The predicted octanol–water partition coefficient (Wildman–Crippen LogP) is 4.17. The van der Waals surface area contributed by atoms with Crippen molar-refractivity contribution < 1.29 is 14.3 Å². The number of rotatable bonds is 5. The first-order valence-corrected chi connectivity index (χ1v) is 11.3. The molecule has 178 valence electrons. The second kappa shape index (κ2) is 9.54. The fraction of sp³-hybridized carbons (Fsp3) is 0.360. The summed E-state index contributed by atoms with van der Waals surface area (Å²) in [6.07, 6.45) is 3.95.